The predicted molar refractivity (Wildman–Crippen MR) is 42.9 cm³/mol. The van der Waals surface area contributed by atoms with E-state index in [9.17, 15) is 0 Å². The summed E-state index contributed by atoms with van der Waals surface area (Å²) >= 11 is 0. The summed E-state index contributed by atoms with van der Waals surface area (Å²) in [5, 5.41) is 0. The molecule has 0 aromatic carbocycles. The third kappa shape index (κ3) is 0.807. The molecule has 1 nitrogen and oxygen atoms in total. The Kier molecular flexibility index (Phi) is 1.34. The fraction of sp³-hybridized carbons (Fsp3) is 0.778. The largest absolute Gasteiger partial charge is 0.297 e. The Morgan fingerprint density at radius 3 is 3.00 bits per heavy atom. The van der Waals surface area contributed by atoms with Crippen LogP contribution in [0.3, 0.4) is 0 Å². The zero-order chi connectivity index (χ0) is 7.14. The third-order valence-corrected chi connectivity index (χ3v) is 2.93. The maximum absolute atomic E-state index is 2.52. The van der Waals surface area contributed by atoms with E-state index in [1.54, 1.807) is 5.57 Å². The first kappa shape index (κ1) is 6.41. The Morgan fingerprint density at radius 2 is 2.30 bits per heavy atom. The van der Waals surface area contributed by atoms with Gasteiger partial charge in [0.1, 0.15) is 0 Å². The molecule has 2 heterocycles. The van der Waals surface area contributed by atoms with Gasteiger partial charge in [-0.25, -0.2) is 0 Å². The molecule has 0 amide bonds. The second kappa shape index (κ2) is 2.09. The Labute approximate surface area is 62.7 Å². The number of likely N-dealkylation sites (N-methyl/N-ethyl adjacent to an activating group) is 1. The van der Waals surface area contributed by atoms with Crippen LogP contribution < -0.4 is 0 Å². The summed E-state index contributed by atoms with van der Waals surface area (Å²) in [5.74, 6) is 0. The summed E-state index contributed by atoms with van der Waals surface area (Å²) < 4.78 is 0. The van der Waals surface area contributed by atoms with E-state index in [0.29, 0.717) is 0 Å². The van der Waals surface area contributed by atoms with E-state index in [1.807, 2.05) is 0 Å². The molecule has 10 heavy (non-hydrogen) atoms. The summed E-state index contributed by atoms with van der Waals surface area (Å²) in [6.07, 6.45) is 6.55. The first-order chi connectivity index (χ1) is 4.77. The van der Waals surface area contributed by atoms with Crippen LogP contribution in [-0.2, 0) is 0 Å². The Morgan fingerprint density at radius 1 is 1.50 bits per heavy atom. The van der Waals surface area contributed by atoms with Crippen LogP contribution in [-0.4, -0.2) is 24.0 Å². The van der Waals surface area contributed by atoms with Crippen molar-refractivity contribution in [2.75, 3.05) is 7.05 Å². The lowest BCUT2D eigenvalue weighted by Gasteiger charge is -2.29. The van der Waals surface area contributed by atoms with Gasteiger partial charge in [0.15, 0.2) is 0 Å². The molecular formula is C9H15N. The maximum Gasteiger partial charge on any atom is 0.0281 e. The molecule has 56 valence electrons. The molecule has 0 radical (unpaired) electrons. The predicted octanol–water partition coefficient (Wildman–Crippen LogP) is 1.80. The molecule has 1 heteroatoms. The smallest absolute Gasteiger partial charge is 0.0281 e. The lowest BCUT2D eigenvalue weighted by atomic mass is 10.0. The quantitative estimate of drug-likeness (QED) is 0.460. The van der Waals surface area contributed by atoms with E-state index < -0.39 is 0 Å². The molecule has 2 aliphatic rings. The van der Waals surface area contributed by atoms with E-state index in [2.05, 4.69) is 24.9 Å². The minimum absolute atomic E-state index is 0.777. The lowest BCUT2D eigenvalue weighted by molar-refractivity contribution is 0.255. The van der Waals surface area contributed by atoms with Gasteiger partial charge in [-0.15, -0.1) is 0 Å². The van der Waals surface area contributed by atoms with Crippen LogP contribution in [0.1, 0.15) is 26.2 Å². The van der Waals surface area contributed by atoms with Gasteiger partial charge in [0, 0.05) is 12.1 Å². The van der Waals surface area contributed by atoms with Crippen LogP contribution in [0.15, 0.2) is 11.6 Å². The number of nitrogens with zero attached hydrogens (tertiary/aromatic N) is 1. The monoisotopic (exact) mass is 137 g/mol. The summed E-state index contributed by atoms with van der Waals surface area (Å²) in [4.78, 5) is 2.52. The first-order valence-corrected chi connectivity index (χ1v) is 4.16. The van der Waals surface area contributed by atoms with Crippen LogP contribution in [0.5, 0.6) is 0 Å². The van der Waals surface area contributed by atoms with Crippen LogP contribution in [0.2, 0.25) is 0 Å². The van der Waals surface area contributed by atoms with Crippen molar-refractivity contribution in [3.05, 3.63) is 11.6 Å². The SMILES string of the molecule is CC1=C[C@@H]2CC[C@@H](C1)N2C. The van der Waals surface area contributed by atoms with Crippen molar-refractivity contribution in [2.45, 2.75) is 38.3 Å². The van der Waals surface area contributed by atoms with Gasteiger partial charge in [0.2, 0.25) is 0 Å². The highest BCUT2D eigenvalue weighted by Gasteiger charge is 2.32. The van der Waals surface area contributed by atoms with E-state index in [1.165, 1.54) is 19.3 Å². The normalized spacial score (nSPS) is 40.0. The van der Waals surface area contributed by atoms with Crippen LogP contribution in [0.4, 0.5) is 0 Å². The Balaban J connectivity index is 2.24. The maximum atomic E-state index is 2.52. The number of hydrogen-bond acceptors (Lipinski definition) is 1. The van der Waals surface area contributed by atoms with Crippen LogP contribution in [0.25, 0.3) is 0 Å². The van der Waals surface area contributed by atoms with Gasteiger partial charge >= 0.3 is 0 Å². The standard InChI is InChI=1S/C9H15N/c1-7-5-8-3-4-9(6-7)10(8)2/h5,8-9H,3-4,6H2,1-2H3/t8-,9-/m0/s1. The molecule has 0 spiro atoms. The topological polar surface area (TPSA) is 3.24 Å². The molecule has 2 atom stereocenters. The fourth-order valence-corrected chi connectivity index (χ4v) is 2.26. The Hall–Kier alpha value is -0.300. The molecule has 0 unspecified atom stereocenters. The number of hydrogen-bond donors (Lipinski definition) is 0. The highest BCUT2D eigenvalue weighted by molar-refractivity contribution is 5.14. The average Bonchev–Trinajstić information content (AvgIpc) is 2.20. The first-order valence-electron chi connectivity index (χ1n) is 4.16. The second-order valence-corrected chi connectivity index (χ2v) is 3.68. The van der Waals surface area contributed by atoms with E-state index in [-0.39, 0.29) is 0 Å². The zero-order valence-corrected chi connectivity index (χ0v) is 6.80. The van der Waals surface area contributed by atoms with Crippen molar-refractivity contribution in [1.29, 1.82) is 0 Å². The van der Waals surface area contributed by atoms with Gasteiger partial charge in [-0.05, 0) is 33.2 Å². The van der Waals surface area contributed by atoms with E-state index in [0.717, 1.165) is 12.1 Å². The van der Waals surface area contributed by atoms with Crippen molar-refractivity contribution < 1.29 is 0 Å². The van der Waals surface area contributed by atoms with Crippen molar-refractivity contribution in [2.24, 2.45) is 0 Å². The minimum atomic E-state index is 0.777. The highest BCUT2D eigenvalue weighted by Crippen LogP contribution is 2.32. The van der Waals surface area contributed by atoms with Crippen molar-refractivity contribution in [3.8, 4) is 0 Å². The van der Waals surface area contributed by atoms with Gasteiger partial charge in [-0.2, -0.15) is 0 Å². The molecule has 0 N–H and O–H groups in total. The van der Waals surface area contributed by atoms with Crippen LogP contribution >= 0.6 is 0 Å². The molecule has 2 bridgehead atoms. The summed E-state index contributed by atoms with van der Waals surface area (Å²) in [6, 6.07) is 1.65. The fourth-order valence-electron chi connectivity index (χ4n) is 2.26. The van der Waals surface area contributed by atoms with E-state index in [4.69, 9.17) is 0 Å². The van der Waals surface area contributed by atoms with Gasteiger partial charge < -0.3 is 0 Å². The van der Waals surface area contributed by atoms with Crippen molar-refractivity contribution >= 4 is 0 Å². The van der Waals surface area contributed by atoms with Gasteiger partial charge in [0.05, 0.1) is 0 Å². The minimum Gasteiger partial charge on any atom is -0.297 e. The van der Waals surface area contributed by atoms with Gasteiger partial charge in [-0.1, -0.05) is 11.6 Å². The van der Waals surface area contributed by atoms with Crippen LogP contribution in [0, 0.1) is 0 Å². The molecule has 1 fully saturated rings. The molecule has 1 saturated heterocycles. The summed E-state index contributed by atoms with van der Waals surface area (Å²) in [6.45, 7) is 2.26. The zero-order valence-electron chi connectivity index (χ0n) is 6.80. The van der Waals surface area contributed by atoms with Gasteiger partial charge in [0.25, 0.3) is 0 Å². The van der Waals surface area contributed by atoms with Crippen molar-refractivity contribution in [1.82, 2.24) is 4.90 Å². The van der Waals surface area contributed by atoms with Crippen molar-refractivity contribution in [3.63, 3.8) is 0 Å². The second-order valence-electron chi connectivity index (χ2n) is 3.68. The average molecular weight is 137 g/mol. The molecule has 0 aromatic heterocycles. The molecule has 2 rings (SSSR count). The third-order valence-electron chi connectivity index (χ3n) is 2.93. The molecule has 2 aliphatic heterocycles. The molecular weight excluding hydrogens is 122 g/mol. The van der Waals surface area contributed by atoms with E-state index >= 15 is 0 Å². The number of fused-ring (bicyclic) bond motifs is 2. The van der Waals surface area contributed by atoms with Gasteiger partial charge in [-0.3, -0.25) is 4.90 Å². The lowest BCUT2D eigenvalue weighted by Crippen LogP contribution is -2.34. The molecule has 0 aromatic rings. The number of rotatable bonds is 0. The Bertz CT molecular complexity index is 172. The molecule has 0 saturated carbocycles. The highest BCUT2D eigenvalue weighted by atomic mass is 15.2. The summed E-state index contributed by atoms with van der Waals surface area (Å²) in [7, 11) is 2.26. The summed E-state index contributed by atoms with van der Waals surface area (Å²) in [5.41, 5.74) is 1.60. The molecule has 0 aliphatic carbocycles.